The summed E-state index contributed by atoms with van der Waals surface area (Å²) in [4.78, 5) is 0. The predicted octanol–water partition coefficient (Wildman–Crippen LogP) is 3.95. The SMILES string of the molecule is CC.CN/C1=C(\N)CCC2=C(C=CCC=C2)CC1.N. The van der Waals surface area contributed by atoms with Crippen molar-refractivity contribution >= 4 is 0 Å². The average molecular weight is 263 g/mol. The summed E-state index contributed by atoms with van der Waals surface area (Å²) in [5, 5.41) is 3.22. The Morgan fingerprint density at radius 1 is 0.947 bits per heavy atom. The van der Waals surface area contributed by atoms with E-state index in [-0.39, 0.29) is 6.15 Å². The quantitative estimate of drug-likeness (QED) is 0.670. The second-order valence-corrected chi connectivity index (χ2v) is 4.34. The normalized spacial score (nSPS) is 22.1. The van der Waals surface area contributed by atoms with E-state index >= 15 is 0 Å². The fourth-order valence-electron chi connectivity index (χ4n) is 2.33. The molecule has 108 valence electrons. The zero-order chi connectivity index (χ0) is 13.4. The van der Waals surface area contributed by atoms with Crippen molar-refractivity contribution in [3.63, 3.8) is 0 Å². The average Bonchev–Trinajstić information content (AvgIpc) is 2.62. The Kier molecular flexibility index (Phi) is 8.71. The number of rotatable bonds is 1. The van der Waals surface area contributed by atoms with Crippen LogP contribution in [0.4, 0.5) is 0 Å². The van der Waals surface area contributed by atoms with Gasteiger partial charge in [-0.25, -0.2) is 0 Å². The zero-order valence-electron chi connectivity index (χ0n) is 12.6. The lowest BCUT2D eigenvalue weighted by molar-refractivity contribution is 0.757. The molecule has 0 radical (unpaired) electrons. The first-order chi connectivity index (χ1) is 8.81. The van der Waals surface area contributed by atoms with Gasteiger partial charge in [0, 0.05) is 18.4 Å². The van der Waals surface area contributed by atoms with E-state index in [1.807, 2.05) is 20.9 Å². The Morgan fingerprint density at radius 2 is 1.47 bits per heavy atom. The molecule has 0 aliphatic heterocycles. The smallest absolute Gasteiger partial charge is 0.0298 e. The van der Waals surface area contributed by atoms with Crippen LogP contribution < -0.4 is 17.2 Å². The maximum atomic E-state index is 6.07. The fraction of sp³-hybridized carbons (Fsp3) is 0.500. The molecule has 0 aromatic rings. The standard InChI is InChI=1S/C14H20N2.C2H6.H3N/c1-16-14-10-8-12-6-4-2-3-5-11(12)7-9-13(14)15;1-2;/h3-6,16H,2,7-10,15H2,1H3;1-2H3;1H3/b14-13-;;. The van der Waals surface area contributed by atoms with Crippen LogP contribution in [0.15, 0.2) is 46.8 Å². The maximum Gasteiger partial charge on any atom is 0.0298 e. The highest BCUT2D eigenvalue weighted by molar-refractivity contribution is 5.38. The van der Waals surface area contributed by atoms with Crippen LogP contribution in [0.3, 0.4) is 0 Å². The number of nitrogens with two attached hydrogens (primary N) is 1. The van der Waals surface area contributed by atoms with Gasteiger partial charge in [0.25, 0.3) is 0 Å². The largest absolute Gasteiger partial charge is 0.401 e. The minimum atomic E-state index is 0. The van der Waals surface area contributed by atoms with Gasteiger partial charge in [-0.1, -0.05) is 38.2 Å². The molecular formula is C16H29N3. The number of hydrogen-bond acceptors (Lipinski definition) is 3. The monoisotopic (exact) mass is 263 g/mol. The lowest BCUT2D eigenvalue weighted by Crippen LogP contribution is -2.16. The molecule has 0 amide bonds. The Bertz CT molecular complexity index is 387. The number of nitrogens with one attached hydrogen (secondary N) is 1. The highest BCUT2D eigenvalue weighted by Gasteiger charge is 2.11. The third-order valence-corrected chi connectivity index (χ3v) is 3.32. The second-order valence-electron chi connectivity index (χ2n) is 4.34. The molecule has 0 fully saturated rings. The van der Waals surface area contributed by atoms with Gasteiger partial charge >= 0.3 is 0 Å². The lowest BCUT2D eigenvalue weighted by atomic mass is 9.94. The molecule has 0 atom stereocenters. The van der Waals surface area contributed by atoms with Crippen LogP contribution in [-0.4, -0.2) is 7.05 Å². The topological polar surface area (TPSA) is 73.0 Å². The molecule has 2 aliphatic carbocycles. The summed E-state index contributed by atoms with van der Waals surface area (Å²) in [6.45, 7) is 4.00. The summed E-state index contributed by atoms with van der Waals surface area (Å²) >= 11 is 0. The summed E-state index contributed by atoms with van der Waals surface area (Å²) in [5.41, 5.74) is 11.3. The first kappa shape index (κ1) is 17.5. The van der Waals surface area contributed by atoms with Crippen molar-refractivity contribution < 1.29 is 0 Å². The lowest BCUT2D eigenvalue weighted by Gasteiger charge is -2.17. The molecule has 0 unspecified atom stereocenters. The van der Waals surface area contributed by atoms with E-state index in [4.69, 9.17) is 5.73 Å². The third-order valence-electron chi connectivity index (χ3n) is 3.32. The molecule has 0 bridgehead atoms. The summed E-state index contributed by atoms with van der Waals surface area (Å²) < 4.78 is 0. The van der Waals surface area contributed by atoms with Gasteiger partial charge in [-0.3, -0.25) is 0 Å². The van der Waals surface area contributed by atoms with Crippen molar-refractivity contribution in [1.82, 2.24) is 11.5 Å². The van der Waals surface area contributed by atoms with E-state index in [0.29, 0.717) is 0 Å². The Hall–Kier alpha value is -1.48. The highest BCUT2D eigenvalue weighted by Crippen LogP contribution is 2.27. The van der Waals surface area contributed by atoms with Gasteiger partial charge in [0.2, 0.25) is 0 Å². The minimum absolute atomic E-state index is 0. The highest BCUT2D eigenvalue weighted by atomic mass is 14.9. The Morgan fingerprint density at radius 3 is 2.00 bits per heavy atom. The van der Waals surface area contributed by atoms with Gasteiger partial charge in [0.05, 0.1) is 0 Å². The molecule has 3 nitrogen and oxygen atoms in total. The van der Waals surface area contributed by atoms with Crippen molar-refractivity contribution in [2.24, 2.45) is 5.73 Å². The molecule has 0 aromatic carbocycles. The molecule has 6 N–H and O–H groups in total. The first-order valence-corrected chi connectivity index (χ1v) is 7.01. The number of hydrogen-bond donors (Lipinski definition) is 3. The van der Waals surface area contributed by atoms with Crippen LogP contribution in [0.2, 0.25) is 0 Å². The Labute approximate surface area is 117 Å². The molecule has 2 aliphatic rings. The van der Waals surface area contributed by atoms with Crippen LogP contribution >= 0.6 is 0 Å². The van der Waals surface area contributed by atoms with Crippen molar-refractivity contribution in [1.29, 1.82) is 0 Å². The molecular weight excluding hydrogens is 234 g/mol. The van der Waals surface area contributed by atoms with Gasteiger partial charge in [-0.05, 0) is 43.3 Å². The van der Waals surface area contributed by atoms with Crippen molar-refractivity contribution in [2.45, 2.75) is 46.0 Å². The van der Waals surface area contributed by atoms with Gasteiger partial charge in [-0.2, -0.15) is 0 Å². The molecule has 0 spiro atoms. The van der Waals surface area contributed by atoms with Gasteiger partial charge in [0.15, 0.2) is 0 Å². The summed E-state index contributed by atoms with van der Waals surface area (Å²) in [6, 6.07) is 0. The van der Waals surface area contributed by atoms with Crippen molar-refractivity contribution in [3.8, 4) is 0 Å². The van der Waals surface area contributed by atoms with Crippen LogP contribution in [0.25, 0.3) is 0 Å². The second kappa shape index (κ2) is 9.45. The van der Waals surface area contributed by atoms with Gasteiger partial charge < -0.3 is 17.2 Å². The van der Waals surface area contributed by atoms with E-state index in [1.54, 1.807) is 0 Å². The summed E-state index contributed by atoms with van der Waals surface area (Å²) in [6.07, 6.45) is 14.2. The van der Waals surface area contributed by atoms with E-state index in [0.717, 1.165) is 37.8 Å². The predicted molar refractivity (Wildman–Crippen MR) is 85.0 cm³/mol. The maximum absolute atomic E-state index is 6.07. The fourth-order valence-corrected chi connectivity index (χ4v) is 2.33. The molecule has 0 heterocycles. The van der Waals surface area contributed by atoms with E-state index in [9.17, 15) is 0 Å². The van der Waals surface area contributed by atoms with Gasteiger partial charge in [-0.15, -0.1) is 0 Å². The third kappa shape index (κ3) is 4.95. The van der Waals surface area contributed by atoms with Gasteiger partial charge in [0.1, 0.15) is 0 Å². The van der Waals surface area contributed by atoms with Crippen LogP contribution in [-0.2, 0) is 0 Å². The van der Waals surface area contributed by atoms with Crippen LogP contribution in [0.1, 0.15) is 46.0 Å². The summed E-state index contributed by atoms with van der Waals surface area (Å²) in [5.74, 6) is 0. The van der Waals surface area contributed by atoms with Crippen molar-refractivity contribution in [3.05, 3.63) is 46.8 Å². The molecule has 2 rings (SSSR count). The minimum Gasteiger partial charge on any atom is -0.401 e. The van der Waals surface area contributed by atoms with E-state index in [2.05, 4.69) is 29.6 Å². The van der Waals surface area contributed by atoms with E-state index in [1.165, 1.54) is 16.8 Å². The molecule has 19 heavy (non-hydrogen) atoms. The van der Waals surface area contributed by atoms with Crippen molar-refractivity contribution in [2.75, 3.05) is 7.05 Å². The Balaban J connectivity index is 0.00000103. The first-order valence-electron chi connectivity index (χ1n) is 7.01. The van der Waals surface area contributed by atoms with E-state index < -0.39 is 0 Å². The molecule has 0 aromatic heterocycles. The molecule has 0 saturated heterocycles. The molecule has 0 saturated carbocycles. The van der Waals surface area contributed by atoms with Crippen LogP contribution in [0, 0.1) is 0 Å². The zero-order valence-corrected chi connectivity index (χ0v) is 12.6. The number of allylic oxidation sites excluding steroid dienone is 8. The molecule has 3 heteroatoms. The summed E-state index contributed by atoms with van der Waals surface area (Å²) in [7, 11) is 1.96. The van der Waals surface area contributed by atoms with Crippen LogP contribution in [0.5, 0.6) is 0 Å².